The second-order valence-electron chi connectivity index (χ2n) is 4.63. The first-order valence-electron chi connectivity index (χ1n) is 6.57. The second kappa shape index (κ2) is 6.75. The predicted molar refractivity (Wildman–Crippen MR) is 73.8 cm³/mol. The van der Waals surface area contributed by atoms with Crippen molar-refractivity contribution in [1.29, 1.82) is 0 Å². The molecule has 0 bridgehead atoms. The molecular formula is C14H22N2O3. The Hall–Kier alpha value is -1.30. The van der Waals surface area contributed by atoms with Crippen LogP contribution < -0.4 is 14.8 Å². The number of piperazine rings is 1. The molecule has 19 heavy (non-hydrogen) atoms. The third kappa shape index (κ3) is 3.37. The molecule has 0 radical (unpaired) electrons. The Morgan fingerprint density at radius 2 is 1.74 bits per heavy atom. The molecule has 1 atom stereocenters. The monoisotopic (exact) mass is 266 g/mol. The number of rotatable bonds is 5. The van der Waals surface area contributed by atoms with E-state index in [1.165, 1.54) is 0 Å². The number of nitrogens with one attached hydrogen (secondary N) is 1. The summed E-state index contributed by atoms with van der Waals surface area (Å²) in [5.41, 5.74) is 1.03. The molecule has 1 fully saturated rings. The summed E-state index contributed by atoms with van der Waals surface area (Å²) in [6.45, 7) is 3.88. The van der Waals surface area contributed by atoms with Gasteiger partial charge in [0.1, 0.15) is 11.5 Å². The van der Waals surface area contributed by atoms with E-state index in [-0.39, 0.29) is 12.6 Å². The van der Waals surface area contributed by atoms with Gasteiger partial charge in [0.05, 0.1) is 26.9 Å². The van der Waals surface area contributed by atoms with Crippen LogP contribution in [0.4, 0.5) is 0 Å². The number of methoxy groups -OCH3 is 2. The van der Waals surface area contributed by atoms with Gasteiger partial charge in [0, 0.05) is 32.2 Å². The minimum atomic E-state index is -0.00824. The van der Waals surface area contributed by atoms with Crippen LogP contribution in [0.5, 0.6) is 11.5 Å². The van der Waals surface area contributed by atoms with Crippen molar-refractivity contribution < 1.29 is 14.6 Å². The molecule has 0 saturated carbocycles. The number of benzene rings is 1. The maximum atomic E-state index is 9.72. The van der Waals surface area contributed by atoms with Crippen LogP contribution in [-0.4, -0.2) is 57.0 Å². The average Bonchev–Trinajstić information content (AvgIpc) is 2.48. The molecule has 0 spiro atoms. The Bertz CT molecular complexity index is 383. The highest BCUT2D eigenvalue weighted by atomic mass is 16.5. The molecule has 1 heterocycles. The van der Waals surface area contributed by atoms with Gasteiger partial charge in [-0.3, -0.25) is 4.90 Å². The highest BCUT2D eigenvalue weighted by Crippen LogP contribution is 2.29. The molecule has 1 saturated heterocycles. The predicted octanol–water partition coefficient (Wildman–Crippen LogP) is 0.642. The number of hydrogen-bond acceptors (Lipinski definition) is 5. The van der Waals surface area contributed by atoms with E-state index in [9.17, 15) is 5.11 Å². The second-order valence-corrected chi connectivity index (χ2v) is 4.63. The normalized spacial score (nSPS) is 18.1. The van der Waals surface area contributed by atoms with E-state index in [2.05, 4.69) is 10.2 Å². The van der Waals surface area contributed by atoms with E-state index in [1.807, 2.05) is 18.2 Å². The van der Waals surface area contributed by atoms with Crippen LogP contribution >= 0.6 is 0 Å². The van der Waals surface area contributed by atoms with Crippen LogP contribution in [0.15, 0.2) is 18.2 Å². The van der Waals surface area contributed by atoms with Gasteiger partial charge in [0.2, 0.25) is 0 Å². The summed E-state index contributed by atoms with van der Waals surface area (Å²) in [5.74, 6) is 1.51. The molecule has 1 aliphatic heterocycles. The van der Waals surface area contributed by atoms with Gasteiger partial charge in [-0.1, -0.05) is 0 Å². The van der Waals surface area contributed by atoms with Gasteiger partial charge in [-0.25, -0.2) is 0 Å². The van der Waals surface area contributed by atoms with Crippen molar-refractivity contribution in [3.63, 3.8) is 0 Å². The van der Waals surface area contributed by atoms with Crippen LogP contribution in [-0.2, 0) is 0 Å². The number of nitrogens with zero attached hydrogens (tertiary/aromatic N) is 1. The van der Waals surface area contributed by atoms with Crippen molar-refractivity contribution in [2.75, 3.05) is 47.0 Å². The highest BCUT2D eigenvalue weighted by Gasteiger charge is 2.22. The Balaban J connectivity index is 2.25. The van der Waals surface area contributed by atoms with E-state index < -0.39 is 0 Å². The van der Waals surface area contributed by atoms with Gasteiger partial charge in [0.15, 0.2) is 0 Å². The first kappa shape index (κ1) is 14.1. The SMILES string of the molecule is COc1cc(OC)cc(C(CO)N2CCNCC2)c1. The summed E-state index contributed by atoms with van der Waals surface area (Å²) in [4.78, 5) is 2.28. The molecule has 1 aromatic carbocycles. The van der Waals surface area contributed by atoms with Crippen molar-refractivity contribution in [3.8, 4) is 11.5 Å². The van der Waals surface area contributed by atoms with E-state index in [4.69, 9.17) is 9.47 Å². The fourth-order valence-electron chi connectivity index (χ4n) is 2.45. The van der Waals surface area contributed by atoms with Crippen LogP contribution in [0.25, 0.3) is 0 Å². The Labute approximate surface area is 114 Å². The molecule has 2 N–H and O–H groups in total. The van der Waals surface area contributed by atoms with Gasteiger partial charge in [-0.2, -0.15) is 0 Å². The number of aliphatic hydroxyl groups is 1. The lowest BCUT2D eigenvalue weighted by Crippen LogP contribution is -2.46. The van der Waals surface area contributed by atoms with Crippen LogP contribution in [0, 0.1) is 0 Å². The smallest absolute Gasteiger partial charge is 0.122 e. The molecule has 1 aromatic rings. The topological polar surface area (TPSA) is 54.0 Å². The summed E-state index contributed by atoms with van der Waals surface area (Å²) >= 11 is 0. The van der Waals surface area contributed by atoms with Crippen molar-refractivity contribution in [3.05, 3.63) is 23.8 Å². The molecule has 0 amide bonds. The van der Waals surface area contributed by atoms with E-state index in [0.29, 0.717) is 0 Å². The molecule has 1 aliphatic rings. The van der Waals surface area contributed by atoms with Crippen molar-refractivity contribution >= 4 is 0 Å². The largest absolute Gasteiger partial charge is 0.497 e. The van der Waals surface area contributed by atoms with E-state index >= 15 is 0 Å². The molecule has 106 valence electrons. The maximum absolute atomic E-state index is 9.72. The molecule has 1 unspecified atom stereocenters. The summed E-state index contributed by atoms with van der Waals surface area (Å²) < 4.78 is 10.6. The third-order valence-electron chi connectivity index (χ3n) is 3.52. The first-order valence-corrected chi connectivity index (χ1v) is 6.57. The molecule has 0 aromatic heterocycles. The minimum Gasteiger partial charge on any atom is -0.497 e. The lowest BCUT2D eigenvalue weighted by Gasteiger charge is -2.34. The number of aliphatic hydroxyl groups excluding tert-OH is 1. The lowest BCUT2D eigenvalue weighted by atomic mass is 10.0. The van der Waals surface area contributed by atoms with Gasteiger partial charge >= 0.3 is 0 Å². The number of hydrogen-bond donors (Lipinski definition) is 2. The molecular weight excluding hydrogens is 244 g/mol. The quantitative estimate of drug-likeness (QED) is 0.819. The van der Waals surface area contributed by atoms with Gasteiger partial charge in [0.25, 0.3) is 0 Å². The zero-order valence-corrected chi connectivity index (χ0v) is 11.6. The third-order valence-corrected chi connectivity index (χ3v) is 3.52. The summed E-state index contributed by atoms with van der Waals surface area (Å²) in [7, 11) is 3.27. The van der Waals surface area contributed by atoms with Crippen molar-refractivity contribution in [2.45, 2.75) is 6.04 Å². The van der Waals surface area contributed by atoms with Crippen LogP contribution in [0.1, 0.15) is 11.6 Å². The average molecular weight is 266 g/mol. The Kier molecular flexibility index (Phi) is 5.01. The maximum Gasteiger partial charge on any atom is 0.122 e. The highest BCUT2D eigenvalue weighted by molar-refractivity contribution is 5.40. The molecule has 0 aliphatic carbocycles. The standard InChI is InChI=1S/C14H22N2O3/c1-18-12-7-11(8-13(9-12)19-2)14(10-17)16-5-3-15-4-6-16/h7-9,14-15,17H,3-6,10H2,1-2H3. The fourth-order valence-corrected chi connectivity index (χ4v) is 2.45. The van der Waals surface area contributed by atoms with Gasteiger partial charge in [-0.15, -0.1) is 0 Å². The summed E-state index contributed by atoms with van der Waals surface area (Å²) in [6.07, 6.45) is 0. The fraction of sp³-hybridized carbons (Fsp3) is 0.571. The van der Waals surface area contributed by atoms with Crippen molar-refractivity contribution in [1.82, 2.24) is 10.2 Å². The van der Waals surface area contributed by atoms with Gasteiger partial charge in [-0.05, 0) is 17.7 Å². The van der Waals surface area contributed by atoms with E-state index in [1.54, 1.807) is 14.2 Å². The van der Waals surface area contributed by atoms with Gasteiger partial charge < -0.3 is 19.9 Å². The van der Waals surface area contributed by atoms with E-state index in [0.717, 1.165) is 43.2 Å². The molecule has 5 heteroatoms. The Morgan fingerprint density at radius 1 is 1.16 bits per heavy atom. The van der Waals surface area contributed by atoms with Crippen LogP contribution in [0.3, 0.4) is 0 Å². The number of ether oxygens (including phenoxy) is 2. The lowest BCUT2D eigenvalue weighted by molar-refractivity contribution is 0.110. The summed E-state index contributed by atoms with van der Waals surface area (Å²) in [5, 5.41) is 13.0. The molecule has 2 rings (SSSR count). The zero-order chi connectivity index (χ0) is 13.7. The van der Waals surface area contributed by atoms with Crippen molar-refractivity contribution in [2.24, 2.45) is 0 Å². The zero-order valence-electron chi connectivity index (χ0n) is 11.6. The van der Waals surface area contributed by atoms with Crippen LogP contribution in [0.2, 0.25) is 0 Å². The first-order chi connectivity index (χ1) is 9.28. The minimum absolute atomic E-state index is 0.00824. The molecule has 5 nitrogen and oxygen atoms in total. The Morgan fingerprint density at radius 3 is 2.21 bits per heavy atom. The summed E-state index contributed by atoms with van der Waals surface area (Å²) in [6, 6.07) is 5.76.